The molecule has 0 aliphatic carbocycles. The molecule has 0 aliphatic heterocycles. The van der Waals surface area contributed by atoms with Gasteiger partial charge in [-0.1, -0.05) is 27.7 Å². The first-order valence-electron chi connectivity index (χ1n) is 7.37. The second kappa shape index (κ2) is 8.62. The highest BCUT2D eigenvalue weighted by molar-refractivity contribution is 5.76. The fourth-order valence-corrected chi connectivity index (χ4v) is 1.65. The molecule has 0 aliphatic rings. The van der Waals surface area contributed by atoms with Crippen molar-refractivity contribution in [1.82, 2.24) is 0 Å². The van der Waals surface area contributed by atoms with Gasteiger partial charge in [-0.2, -0.15) is 0 Å². The van der Waals surface area contributed by atoms with E-state index in [1.165, 1.54) is 0 Å². The molecule has 0 bridgehead atoms. The van der Waals surface area contributed by atoms with E-state index in [-0.39, 0.29) is 0 Å². The lowest BCUT2D eigenvalue weighted by atomic mass is 10.1. The van der Waals surface area contributed by atoms with Crippen LogP contribution in [0.3, 0.4) is 0 Å². The number of rotatable bonds is 9. The van der Waals surface area contributed by atoms with E-state index in [0.29, 0.717) is 42.1 Å². The summed E-state index contributed by atoms with van der Waals surface area (Å²) in [4.78, 5) is 11.0. The zero-order chi connectivity index (χ0) is 15.0. The fourth-order valence-electron chi connectivity index (χ4n) is 1.65. The first-order chi connectivity index (χ1) is 9.51. The van der Waals surface area contributed by atoms with Crippen LogP contribution < -0.4 is 9.47 Å². The van der Waals surface area contributed by atoms with Gasteiger partial charge in [0.2, 0.25) is 0 Å². The van der Waals surface area contributed by atoms with Crippen LogP contribution in [0.2, 0.25) is 0 Å². The predicted octanol–water partition coefficient (Wildman–Crippen LogP) is 4.35. The molecule has 3 heteroatoms. The Hall–Kier alpha value is -1.51. The van der Waals surface area contributed by atoms with Crippen molar-refractivity contribution in [2.75, 3.05) is 13.2 Å². The second-order valence-corrected chi connectivity index (χ2v) is 5.92. The third-order valence-corrected chi connectivity index (χ3v) is 2.97. The lowest BCUT2D eigenvalue weighted by Gasteiger charge is -2.12. The van der Waals surface area contributed by atoms with Gasteiger partial charge in [-0.05, 0) is 36.8 Å². The second-order valence-electron chi connectivity index (χ2n) is 5.92. The Balaban J connectivity index is 2.62. The van der Waals surface area contributed by atoms with Gasteiger partial charge >= 0.3 is 0 Å². The molecule has 0 saturated heterocycles. The summed E-state index contributed by atoms with van der Waals surface area (Å²) in [5.74, 6) is 2.61. The van der Waals surface area contributed by atoms with Crippen LogP contribution in [-0.4, -0.2) is 19.5 Å². The summed E-state index contributed by atoms with van der Waals surface area (Å²) < 4.78 is 11.4. The van der Waals surface area contributed by atoms with Crippen LogP contribution in [0.1, 0.15) is 50.9 Å². The highest BCUT2D eigenvalue weighted by Crippen LogP contribution is 2.23. The van der Waals surface area contributed by atoms with Crippen LogP contribution in [-0.2, 0) is 0 Å². The smallest absolute Gasteiger partial charge is 0.150 e. The Morgan fingerprint density at radius 2 is 1.35 bits per heavy atom. The quantitative estimate of drug-likeness (QED) is 0.630. The third kappa shape index (κ3) is 6.60. The molecule has 112 valence electrons. The fraction of sp³-hybridized carbons (Fsp3) is 0.588. The molecule has 0 radical (unpaired) electrons. The zero-order valence-electron chi connectivity index (χ0n) is 13.0. The van der Waals surface area contributed by atoms with E-state index in [9.17, 15) is 4.79 Å². The van der Waals surface area contributed by atoms with Gasteiger partial charge in [0.05, 0.1) is 13.2 Å². The zero-order valence-corrected chi connectivity index (χ0v) is 13.0. The molecule has 0 amide bonds. The molecule has 0 atom stereocenters. The van der Waals surface area contributed by atoms with E-state index in [1.54, 1.807) is 12.1 Å². The summed E-state index contributed by atoms with van der Waals surface area (Å²) in [6.45, 7) is 9.95. The van der Waals surface area contributed by atoms with Crippen LogP contribution in [0.25, 0.3) is 0 Å². The average Bonchev–Trinajstić information content (AvgIpc) is 2.37. The van der Waals surface area contributed by atoms with Crippen molar-refractivity contribution in [2.45, 2.75) is 40.5 Å². The number of hydrogen-bond donors (Lipinski definition) is 0. The molecular weight excluding hydrogens is 252 g/mol. The summed E-state index contributed by atoms with van der Waals surface area (Å²) in [5, 5.41) is 0. The highest BCUT2D eigenvalue weighted by atomic mass is 16.5. The van der Waals surface area contributed by atoms with Crippen molar-refractivity contribution < 1.29 is 14.3 Å². The molecule has 3 nitrogen and oxygen atoms in total. The molecule has 1 aromatic rings. The molecule has 1 aromatic carbocycles. The van der Waals surface area contributed by atoms with Gasteiger partial charge in [0.25, 0.3) is 0 Å². The minimum Gasteiger partial charge on any atom is -0.493 e. The van der Waals surface area contributed by atoms with Crippen molar-refractivity contribution in [3.8, 4) is 11.5 Å². The Morgan fingerprint density at radius 3 is 1.70 bits per heavy atom. The van der Waals surface area contributed by atoms with Crippen molar-refractivity contribution in [3.63, 3.8) is 0 Å². The lowest BCUT2D eigenvalue weighted by molar-refractivity contribution is 0.112. The Bertz CT molecular complexity index is 378. The van der Waals surface area contributed by atoms with Gasteiger partial charge in [0.15, 0.2) is 0 Å². The van der Waals surface area contributed by atoms with E-state index < -0.39 is 0 Å². The third-order valence-electron chi connectivity index (χ3n) is 2.97. The van der Waals surface area contributed by atoms with E-state index >= 15 is 0 Å². The average molecular weight is 278 g/mol. The molecule has 0 spiro atoms. The maximum atomic E-state index is 11.0. The molecule has 0 saturated carbocycles. The van der Waals surface area contributed by atoms with E-state index in [0.717, 1.165) is 19.1 Å². The van der Waals surface area contributed by atoms with Gasteiger partial charge < -0.3 is 9.47 Å². The van der Waals surface area contributed by atoms with Crippen LogP contribution >= 0.6 is 0 Å². The number of hydrogen-bond acceptors (Lipinski definition) is 3. The molecule has 0 aromatic heterocycles. The molecule has 0 heterocycles. The maximum absolute atomic E-state index is 11.0. The van der Waals surface area contributed by atoms with E-state index in [4.69, 9.17) is 9.47 Å². The monoisotopic (exact) mass is 278 g/mol. The first-order valence-corrected chi connectivity index (χ1v) is 7.37. The Morgan fingerprint density at radius 1 is 0.900 bits per heavy atom. The minimum absolute atomic E-state index is 0.589. The van der Waals surface area contributed by atoms with Gasteiger partial charge in [-0.15, -0.1) is 0 Å². The number of carbonyl (C=O) groups is 1. The van der Waals surface area contributed by atoms with Crippen molar-refractivity contribution in [3.05, 3.63) is 23.8 Å². The van der Waals surface area contributed by atoms with Gasteiger partial charge in [0.1, 0.15) is 17.8 Å². The summed E-state index contributed by atoms with van der Waals surface area (Å²) >= 11 is 0. The normalized spacial score (nSPS) is 10.9. The van der Waals surface area contributed by atoms with Gasteiger partial charge in [-0.25, -0.2) is 0 Å². The van der Waals surface area contributed by atoms with E-state index in [1.807, 2.05) is 6.07 Å². The van der Waals surface area contributed by atoms with Gasteiger partial charge in [-0.3, -0.25) is 4.79 Å². The molecule has 0 unspecified atom stereocenters. The van der Waals surface area contributed by atoms with Crippen molar-refractivity contribution in [2.24, 2.45) is 11.8 Å². The largest absolute Gasteiger partial charge is 0.493 e. The van der Waals surface area contributed by atoms with Crippen LogP contribution in [0, 0.1) is 11.8 Å². The summed E-state index contributed by atoms with van der Waals surface area (Å²) in [6.07, 6.45) is 2.81. The molecule has 1 rings (SSSR count). The molecule has 0 fully saturated rings. The van der Waals surface area contributed by atoms with Crippen LogP contribution in [0.15, 0.2) is 18.2 Å². The number of carbonyl (C=O) groups excluding carboxylic acids is 1. The first kappa shape index (κ1) is 16.5. The van der Waals surface area contributed by atoms with Crippen LogP contribution in [0.5, 0.6) is 11.5 Å². The number of ether oxygens (including phenoxy) is 2. The summed E-state index contributed by atoms with van der Waals surface area (Å²) in [7, 11) is 0. The van der Waals surface area contributed by atoms with Gasteiger partial charge in [0, 0.05) is 11.6 Å². The highest BCUT2D eigenvalue weighted by Gasteiger charge is 2.04. The molecule has 20 heavy (non-hydrogen) atoms. The van der Waals surface area contributed by atoms with E-state index in [2.05, 4.69) is 27.7 Å². The van der Waals surface area contributed by atoms with Crippen molar-refractivity contribution >= 4 is 6.29 Å². The predicted molar refractivity (Wildman–Crippen MR) is 81.7 cm³/mol. The molecule has 0 N–H and O–H groups in total. The minimum atomic E-state index is 0.589. The summed E-state index contributed by atoms with van der Waals surface area (Å²) in [6, 6.07) is 5.36. The summed E-state index contributed by atoms with van der Waals surface area (Å²) in [5.41, 5.74) is 0.589. The van der Waals surface area contributed by atoms with Crippen LogP contribution in [0.4, 0.5) is 0 Å². The Kier molecular flexibility index (Phi) is 7.13. The number of aldehydes is 1. The van der Waals surface area contributed by atoms with Crippen molar-refractivity contribution in [1.29, 1.82) is 0 Å². The maximum Gasteiger partial charge on any atom is 0.150 e. The standard InChI is InChI=1S/C17H26O3/c1-13(2)5-7-19-16-9-15(12-18)10-17(11-16)20-8-6-14(3)4/h9-14H,5-8H2,1-4H3. The SMILES string of the molecule is CC(C)CCOc1cc(C=O)cc(OCCC(C)C)c1. The topological polar surface area (TPSA) is 35.5 Å². The number of benzene rings is 1. The molecular formula is C17H26O3. The Labute approximate surface area is 122 Å². The lowest BCUT2D eigenvalue weighted by Crippen LogP contribution is -2.04.